The maximum Gasteiger partial charge on any atom is 0.272 e. The summed E-state index contributed by atoms with van der Waals surface area (Å²) in [6.07, 6.45) is 10.1. The van der Waals surface area contributed by atoms with Gasteiger partial charge in [-0.15, -0.1) is 0 Å². The van der Waals surface area contributed by atoms with Gasteiger partial charge < -0.3 is 31.0 Å². The molecule has 0 bridgehead atoms. The molecule has 1 saturated carbocycles. The van der Waals surface area contributed by atoms with Gasteiger partial charge in [0.15, 0.2) is 0 Å². The number of nitrogens with one attached hydrogen (secondary N) is 4. The minimum atomic E-state index is -1.02. The highest BCUT2D eigenvalue weighted by atomic mass is 16.2. The lowest BCUT2D eigenvalue weighted by molar-refractivity contribution is -0.143. The van der Waals surface area contributed by atoms with E-state index in [2.05, 4.69) is 31.2 Å². The lowest BCUT2D eigenvalue weighted by Crippen LogP contribution is -2.59. The summed E-state index contributed by atoms with van der Waals surface area (Å²) in [7, 11) is 0. The van der Waals surface area contributed by atoms with Crippen LogP contribution in [0.1, 0.15) is 90.1 Å². The first-order valence-electron chi connectivity index (χ1n) is 15.7. The van der Waals surface area contributed by atoms with Gasteiger partial charge in [-0.05, 0) is 37.5 Å². The summed E-state index contributed by atoms with van der Waals surface area (Å²) in [6.45, 7) is 8.94. The van der Waals surface area contributed by atoms with Crippen LogP contribution >= 0.6 is 0 Å². The highest BCUT2D eigenvalue weighted by molar-refractivity contribution is 5.98. The number of aldehydes is 1. The molecule has 13 nitrogen and oxygen atoms in total. The molecule has 0 unspecified atom stereocenters. The molecule has 242 valence electrons. The summed E-state index contributed by atoms with van der Waals surface area (Å²) in [5, 5.41) is 11.2. The number of hydrogen-bond donors (Lipinski definition) is 4. The zero-order valence-corrected chi connectivity index (χ0v) is 26.4. The Morgan fingerprint density at radius 3 is 2.18 bits per heavy atom. The average Bonchev–Trinajstić information content (AvgIpc) is 3.45. The van der Waals surface area contributed by atoms with Gasteiger partial charge in [-0.1, -0.05) is 53.9 Å². The number of aromatic nitrogens is 2. The van der Waals surface area contributed by atoms with E-state index in [1.807, 2.05) is 0 Å². The lowest BCUT2D eigenvalue weighted by atomic mass is 9.88. The van der Waals surface area contributed by atoms with Crippen LogP contribution in [0.3, 0.4) is 0 Å². The molecular formula is C31H47N7O6. The van der Waals surface area contributed by atoms with Crippen LogP contribution in [0.5, 0.6) is 0 Å². The van der Waals surface area contributed by atoms with E-state index in [1.54, 1.807) is 34.6 Å². The maximum absolute atomic E-state index is 14.1. The lowest BCUT2D eigenvalue weighted by Gasteiger charge is -2.32. The van der Waals surface area contributed by atoms with Crippen LogP contribution in [0.4, 0.5) is 0 Å². The fourth-order valence-electron chi connectivity index (χ4n) is 5.73. The fraction of sp³-hybridized carbons (Fsp3) is 0.677. The molecule has 2 fully saturated rings. The van der Waals surface area contributed by atoms with Crippen LogP contribution in [-0.4, -0.2) is 87.4 Å². The Balaban J connectivity index is 1.79. The van der Waals surface area contributed by atoms with Crippen LogP contribution in [0.15, 0.2) is 18.6 Å². The Morgan fingerprint density at radius 1 is 0.932 bits per heavy atom. The quantitative estimate of drug-likeness (QED) is 0.239. The summed E-state index contributed by atoms with van der Waals surface area (Å²) in [5.74, 6) is -2.96. The number of rotatable bonds is 13. The molecule has 0 aromatic carbocycles. The first-order chi connectivity index (χ1) is 21.0. The van der Waals surface area contributed by atoms with Gasteiger partial charge in [0.25, 0.3) is 5.91 Å². The number of nitrogens with zero attached hydrogens (tertiary/aromatic N) is 3. The van der Waals surface area contributed by atoms with Gasteiger partial charge >= 0.3 is 0 Å². The van der Waals surface area contributed by atoms with Crippen molar-refractivity contribution in [1.82, 2.24) is 36.1 Å². The van der Waals surface area contributed by atoms with Crippen molar-refractivity contribution in [3.8, 4) is 0 Å². The maximum atomic E-state index is 14.1. The highest BCUT2D eigenvalue weighted by Gasteiger charge is 2.44. The normalized spacial score (nSPS) is 20.8. The van der Waals surface area contributed by atoms with E-state index in [0.717, 1.165) is 32.1 Å². The van der Waals surface area contributed by atoms with Crippen molar-refractivity contribution in [2.24, 2.45) is 17.8 Å². The average molecular weight is 614 g/mol. The second-order valence-corrected chi connectivity index (χ2v) is 12.5. The molecule has 2 heterocycles. The van der Waals surface area contributed by atoms with Crippen LogP contribution in [0, 0.1) is 17.8 Å². The van der Waals surface area contributed by atoms with Crippen LogP contribution in [-0.2, 0) is 24.0 Å². The number of carbonyl (C=O) groups is 6. The summed E-state index contributed by atoms with van der Waals surface area (Å²) in [6, 6.07) is -4.10. The molecule has 44 heavy (non-hydrogen) atoms. The van der Waals surface area contributed by atoms with Crippen molar-refractivity contribution in [1.29, 1.82) is 0 Å². The molecule has 0 spiro atoms. The Morgan fingerprint density at radius 2 is 1.61 bits per heavy atom. The minimum Gasteiger partial charge on any atom is -0.351 e. The Hall–Kier alpha value is -3.90. The number of amides is 5. The summed E-state index contributed by atoms with van der Waals surface area (Å²) < 4.78 is 0. The number of carbonyl (C=O) groups excluding carboxylic acids is 6. The molecule has 0 radical (unpaired) electrons. The molecular weight excluding hydrogens is 566 g/mol. The third-order valence-corrected chi connectivity index (χ3v) is 8.40. The molecule has 1 saturated heterocycles. The number of hydrogen-bond acceptors (Lipinski definition) is 8. The first kappa shape index (κ1) is 34.6. The third-order valence-electron chi connectivity index (χ3n) is 8.40. The van der Waals surface area contributed by atoms with Gasteiger partial charge in [0.05, 0.1) is 12.2 Å². The minimum absolute atomic E-state index is 0.0513. The van der Waals surface area contributed by atoms with Crippen molar-refractivity contribution in [2.75, 3.05) is 6.54 Å². The van der Waals surface area contributed by atoms with Gasteiger partial charge in [-0.3, -0.25) is 29.0 Å². The van der Waals surface area contributed by atoms with Gasteiger partial charge in [-0.2, -0.15) is 0 Å². The molecule has 1 aromatic rings. The van der Waals surface area contributed by atoms with Gasteiger partial charge in [-0.25, -0.2) is 4.98 Å². The topological polar surface area (TPSA) is 180 Å². The second kappa shape index (κ2) is 16.2. The van der Waals surface area contributed by atoms with Crippen molar-refractivity contribution in [3.63, 3.8) is 0 Å². The number of likely N-dealkylation sites (tertiary alicyclic amines) is 1. The second-order valence-electron chi connectivity index (χ2n) is 12.5. The van der Waals surface area contributed by atoms with Crippen molar-refractivity contribution in [2.45, 2.75) is 110 Å². The predicted octanol–water partition coefficient (Wildman–Crippen LogP) is 1.13. The molecule has 2 aliphatic rings. The summed E-state index contributed by atoms with van der Waals surface area (Å²) in [4.78, 5) is 87.4. The van der Waals surface area contributed by atoms with Crippen molar-refractivity contribution < 1.29 is 28.8 Å². The predicted molar refractivity (Wildman–Crippen MR) is 162 cm³/mol. The Bertz CT molecular complexity index is 1170. The van der Waals surface area contributed by atoms with E-state index in [9.17, 15) is 28.8 Å². The highest BCUT2D eigenvalue weighted by Crippen LogP contribution is 2.26. The molecule has 4 N–H and O–H groups in total. The van der Waals surface area contributed by atoms with Crippen LogP contribution in [0.2, 0.25) is 0 Å². The zero-order chi connectivity index (χ0) is 32.4. The molecule has 5 atom stereocenters. The Kier molecular flexibility index (Phi) is 12.8. The van der Waals surface area contributed by atoms with Gasteiger partial charge in [0.1, 0.15) is 30.1 Å². The van der Waals surface area contributed by atoms with E-state index >= 15 is 0 Å². The molecule has 3 rings (SSSR count). The van der Waals surface area contributed by atoms with Crippen molar-refractivity contribution in [3.05, 3.63) is 24.3 Å². The molecule has 13 heteroatoms. The SMILES string of the molecule is CC[C@@H](C=O)NC(=O)[C@@H]1C[C@@H](NC(=O)C2CCCCC2)CN1C(=O)[C@@H](NC(=O)[C@@H](NC(=O)c1cnccn1)C(C)C)C(C)C. The van der Waals surface area contributed by atoms with E-state index in [-0.39, 0.29) is 42.3 Å². The van der Waals surface area contributed by atoms with E-state index in [0.29, 0.717) is 12.7 Å². The van der Waals surface area contributed by atoms with E-state index in [4.69, 9.17) is 0 Å². The smallest absolute Gasteiger partial charge is 0.272 e. The third kappa shape index (κ3) is 9.06. The Labute approximate surface area is 259 Å². The van der Waals surface area contributed by atoms with Crippen molar-refractivity contribution >= 4 is 35.8 Å². The van der Waals surface area contributed by atoms with Gasteiger partial charge in [0, 0.05) is 30.9 Å². The largest absolute Gasteiger partial charge is 0.351 e. The first-order valence-corrected chi connectivity index (χ1v) is 15.7. The monoisotopic (exact) mass is 613 g/mol. The summed E-state index contributed by atoms with van der Waals surface area (Å²) in [5.41, 5.74) is 0.0513. The standard InChI is InChI=1S/C31H47N7O6/c1-6-21(17-39)34-29(42)24-14-22(35-27(40)20-10-8-7-9-11-20)16-38(24)31(44)26(19(4)5)37-30(43)25(18(2)3)36-28(41)23-15-32-12-13-33-23/h12-13,15,17-22,24-26H,6-11,14,16H2,1-5H3,(H,34,42)(H,35,40)(H,36,41)(H,37,43)/t21-,22+,24-,25-,26-/m0/s1. The van der Waals surface area contributed by atoms with Crippen LogP contribution in [0.25, 0.3) is 0 Å². The van der Waals surface area contributed by atoms with Gasteiger partial charge in [0.2, 0.25) is 23.6 Å². The molecule has 1 aromatic heterocycles. The zero-order valence-electron chi connectivity index (χ0n) is 26.4. The van der Waals surface area contributed by atoms with E-state index in [1.165, 1.54) is 23.5 Å². The van der Waals surface area contributed by atoms with E-state index < -0.39 is 53.8 Å². The fourth-order valence-corrected chi connectivity index (χ4v) is 5.73. The molecule has 1 aliphatic heterocycles. The van der Waals surface area contributed by atoms with Crippen LogP contribution < -0.4 is 21.3 Å². The molecule has 5 amide bonds. The summed E-state index contributed by atoms with van der Waals surface area (Å²) >= 11 is 0. The molecule has 1 aliphatic carbocycles.